The Morgan fingerprint density at radius 3 is 1.59 bits per heavy atom. The molecule has 2 nitrogen and oxygen atoms in total. The molecular weight excluding hydrogens is 210 g/mol. The molecule has 1 amide bonds. The molecule has 17 heavy (non-hydrogen) atoms. The van der Waals surface area contributed by atoms with Crippen molar-refractivity contribution in [3.05, 3.63) is 35.9 Å². The molecule has 1 rings (SSSR count). The second-order valence-electron chi connectivity index (χ2n) is 4.04. The molecule has 0 N–H and O–H groups in total. The molecule has 0 radical (unpaired) electrons. The molecule has 0 heterocycles. The third-order valence-electron chi connectivity index (χ3n) is 1.88. The third-order valence-corrected chi connectivity index (χ3v) is 1.88. The summed E-state index contributed by atoms with van der Waals surface area (Å²) < 4.78 is 0. The standard InChI is InChI=1S/C7H8.C6H13NO.C2H6/c1-7-5-3-2-4-6-7;1-5(2)6(8)7(3)4;1-2/h2-6H,1H3;5H,1-4H3;1-2H3. The molecule has 1 aromatic rings. The van der Waals surface area contributed by atoms with Crippen LogP contribution in [0, 0.1) is 12.8 Å². The van der Waals surface area contributed by atoms with E-state index in [0.717, 1.165) is 0 Å². The van der Waals surface area contributed by atoms with Crippen LogP contribution in [0.5, 0.6) is 0 Å². The van der Waals surface area contributed by atoms with Gasteiger partial charge in [-0.1, -0.05) is 63.6 Å². The number of rotatable bonds is 1. The van der Waals surface area contributed by atoms with Crippen LogP contribution in [0.3, 0.4) is 0 Å². The molecule has 0 aliphatic carbocycles. The Labute approximate surface area is 107 Å². The van der Waals surface area contributed by atoms with Gasteiger partial charge in [-0.15, -0.1) is 0 Å². The minimum absolute atomic E-state index is 0.130. The van der Waals surface area contributed by atoms with E-state index in [2.05, 4.69) is 19.1 Å². The average Bonchev–Trinajstić information content (AvgIpc) is 2.32. The number of nitrogens with zero attached hydrogens (tertiary/aromatic N) is 1. The van der Waals surface area contributed by atoms with Gasteiger partial charge in [0.2, 0.25) is 5.91 Å². The minimum Gasteiger partial charge on any atom is -0.349 e. The molecule has 0 aliphatic heterocycles. The van der Waals surface area contributed by atoms with Gasteiger partial charge in [0.1, 0.15) is 0 Å². The maximum absolute atomic E-state index is 10.8. The van der Waals surface area contributed by atoms with E-state index >= 15 is 0 Å². The number of aryl methyl sites for hydroxylation is 1. The average molecular weight is 237 g/mol. The summed E-state index contributed by atoms with van der Waals surface area (Å²) in [5.41, 5.74) is 1.32. The smallest absolute Gasteiger partial charge is 0.224 e. The van der Waals surface area contributed by atoms with Crippen molar-refractivity contribution in [3.8, 4) is 0 Å². The molecule has 1 aromatic carbocycles. The Kier molecular flexibility index (Phi) is 11.9. The van der Waals surface area contributed by atoms with Crippen LogP contribution in [0.15, 0.2) is 30.3 Å². The maximum Gasteiger partial charge on any atom is 0.224 e. The first-order chi connectivity index (χ1) is 7.95. The van der Waals surface area contributed by atoms with E-state index < -0.39 is 0 Å². The number of hydrogen-bond donors (Lipinski definition) is 0. The molecule has 0 atom stereocenters. The molecule has 0 aromatic heterocycles. The molecular formula is C15H27NO. The third kappa shape index (κ3) is 11.0. The largest absolute Gasteiger partial charge is 0.349 e. The fraction of sp³-hybridized carbons (Fsp3) is 0.533. The summed E-state index contributed by atoms with van der Waals surface area (Å²) in [6, 6.07) is 10.3. The van der Waals surface area contributed by atoms with E-state index in [9.17, 15) is 4.79 Å². The van der Waals surface area contributed by atoms with Gasteiger partial charge in [0, 0.05) is 20.0 Å². The van der Waals surface area contributed by atoms with E-state index in [1.54, 1.807) is 19.0 Å². The van der Waals surface area contributed by atoms with Gasteiger partial charge in [-0.2, -0.15) is 0 Å². The van der Waals surface area contributed by atoms with E-state index in [-0.39, 0.29) is 11.8 Å². The minimum atomic E-state index is 0.130. The van der Waals surface area contributed by atoms with E-state index in [1.165, 1.54) is 5.56 Å². The van der Waals surface area contributed by atoms with Crippen molar-refractivity contribution in [2.24, 2.45) is 5.92 Å². The number of carbonyl (C=O) groups is 1. The van der Waals surface area contributed by atoms with Gasteiger partial charge < -0.3 is 4.90 Å². The van der Waals surface area contributed by atoms with Crippen molar-refractivity contribution >= 4 is 5.91 Å². The fourth-order valence-corrected chi connectivity index (χ4v) is 1.05. The Balaban J connectivity index is 0. The molecule has 0 unspecified atom stereocenters. The van der Waals surface area contributed by atoms with Crippen molar-refractivity contribution in [1.29, 1.82) is 0 Å². The predicted molar refractivity (Wildman–Crippen MR) is 76.1 cm³/mol. The first-order valence-electron chi connectivity index (χ1n) is 6.18. The van der Waals surface area contributed by atoms with Gasteiger partial charge in [-0.05, 0) is 6.92 Å². The summed E-state index contributed by atoms with van der Waals surface area (Å²) in [6.45, 7) is 9.87. The highest BCUT2D eigenvalue weighted by Gasteiger charge is 2.06. The zero-order valence-electron chi connectivity index (χ0n) is 12.3. The van der Waals surface area contributed by atoms with Crippen LogP contribution in [-0.4, -0.2) is 24.9 Å². The zero-order valence-corrected chi connectivity index (χ0v) is 12.3. The highest BCUT2D eigenvalue weighted by atomic mass is 16.2. The highest BCUT2D eigenvalue weighted by molar-refractivity contribution is 5.77. The Morgan fingerprint density at radius 2 is 1.47 bits per heavy atom. The molecule has 0 fully saturated rings. The van der Waals surface area contributed by atoms with Gasteiger partial charge in [0.25, 0.3) is 0 Å². The van der Waals surface area contributed by atoms with Gasteiger partial charge >= 0.3 is 0 Å². The van der Waals surface area contributed by atoms with Crippen LogP contribution >= 0.6 is 0 Å². The fourth-order valence-electron chi connectivity index (χ4n) is 1.05. The Hall–Kier alpha value is -1.31. The molecule has 0 aliphatic rings. The maximum atomic E-state index is 10.8. The van der Waals surface area contributed by atoms with E-state index in [4.69, 9.17) is 0 Å². The van der Waals surface area contributed by atoms with Crippen LogP contribution in [0.25, 0.3) is 0 Å². The van der Waals surface area contributed by atoms with Gasteiger partial charge in [0.05, 0.1) is 0 Å². The second-order valence-corrected chi connectivity index (χ2v) is 4.04. The highest BCUT2D eigenvalue weighted by Crippen LogP contribution is 1.94. The number of benzene rings is 1. The summed E-state index contributed by atoms with van der Waals surface area (Å²) in [7, 11) is 3.53. The van der Waals surface area contributed by atoms with E-state index in [0.29, 0.717) is 0 Å². The van der Waals surface area contributed by atoms with Crippen LogP contribution in [0.4, 0.5) is 0 Å². The lowest BCUT2D eigenvalue weighted by atomic mass is 10.2. The monoisotopic (exact) mass is 237 g/mol. The molecule has 0 spiro atoms. The number of amides is 1. The lowest BCUT2D eigenvalue weighted by Crippen LogP contribution is -2.26. The normalized spacial score (nSPS) is 8.47. The van der Waals surface area contributed by atoms with Crippen molar-refractivity contribution in [3.63, 3.8) is 0 Å². The van der Waals surface area contributed by atoms with Gasteiger partial charge in [-0.25, -0.2) is 0 Å². The molecule has 0 saturated heterocycles. The van der Waals surface area contributed by atoms with Crippen LogP contribution in [0.1, 0.15) is 33.3 Å². The summed E-state index contributed by atoms with van der Waals surface area (Å²) in [6.07, 6.45) is 0. The SMILES string of the molecule is CC.CC(C)C(=O)N(C)C.Cc1ccccc1. The van der Waals surface area contributed by atoms with Crippen molar-refractivity contribution in [2.45, 2.75) is 34.6 Å². The summed E-state index contributed by atoms with van der Waals surface area (Å²) in [5, 5.41) is 0. The van der Waals surface area contributed by atoms with Crippen molar-refractivity contribution in [1.82, 2.24) is 4.90 Å². The van der Waals surface area contributed by atoms with E-state index in [1.807, 2.05) is 45.9 Å². The Bertz CT molecular complexity index is 268. The molecule has 98 valence electrons. The van der Waals surface area contributed by atoms with Crippen molar-refractivity contribution < 1.29 is 4.79 Å². The zero-order chi connectivity index (χ0) is 13.8. The molecule has 0 saturated carbocycles. The van der Waals surface area contributed by atoms with Crippen molar-refractivity contribution in [2.75, 3.05) is 14.1 Å². The lowest BCUT2D eigenvalue weighted by Gasteiger charge is -2.11. The van der Waals surface area contributed by atoms with Gasteiger partial charge in [0.15, 0.2) is 0 Å². The quantitative estimate of drug-likeness (QED) is 0.728. The summed E-state index contributed by atoms with van der Waals surface area (Å²) in [5.74, 6) is 0.315. The topological polar surface area (TPSA) is 20.3 Å². The molecule has 2 heteroatoms. The second kappa shape index (κ2) is 11.2. The first kappa shape index (κ1) is 18.1. The summed E-state index contributed by atoms with van der Waals surface area (Å²) >= 11 is 0. The predicted octanol–water partition coefficient (Wildman–Crippen LogP) is 3.75. The van der Waals surface area contributed by atoms with Crippen LogP contribution < -0.4 is 0 Å². The number of hydrogen-bond acceptors (Lipinski definition) is 1. The molecule has 0 bridgehead atoms. The van der Waals surface area contributed by atoms with Crippen LogP contribution in [-0.2, 0) is 4.79 Å². The first-order valence-corrected chi connectivity index (χ1v) is 6.18. The van der Waals surface area contributed by atoms with Crippen LogP contribution in [0.2, 0.25) is 0 Å². The van der Waals surface area contributed by atoms with Gasteiger partial charge in [-0.3, -0.25) is 4.79 Å². The number of carbonyl (C=O) groups excluding carboxylic acids is 1. The lowest BCUT2D eigenvalue weighted by molar-refractivity contribution is -0.131. The Morgan fingerprint density at radius 1 is 1.06 bits per heavy atom. The summed E-state index contributed by atoms with van der Waals surface area (Å²) in [4.78, 5) is 12.4.